The van der Waals surface area contributed by atoms with Crippen molar-refractivity contribution in [2.24, 2.45) is 5.92 Å². The Labute approximate surface area is 127 Å². The summed E-state index contributed by atoms with van der Waals surface area (Å²) in [5, 5.41) is 17.1. The third kappa shape index (κ3) is 5.73. The average Bonchev–Trinajstić information content (AvgIpc) is 3.06. The molecular weight excluding hydrogens is 268 g/mol. The number of aliphatic hydroxyl groups is 1. The van der Waals surface area contributed by atoms with E-state index in [1.54, 1.807) is 0 Å². The largest absolute Gasteiger partial charge is 0.394 e. The maximum atomic E-state index is 8.65. The van der Waals surface area contributed by atoms with Gasteiger partial charge in [-0.25, -0.2) is 4.68 Å². The summed E-state index contributed by atoms with van der Waals surface area (Å²) < 4.78 is 8.04. The zero-order valence-corrected chi connectivity index (χ0v) is 13.4. The van der Waals surface area contributed by atoms with Gasteiger partial charge in [-0.2, -0.15) is 0 Å². The minimum atomic E-state index is 0.0649. The van der Waals surface area contributed by atoms with Gasteiger partial charge < -0.3 is 14.3 Å². The highest BCUT2D eigenvalue weighted by Crippen LogP contribution is 2.27. The van der Waals surface area contributed by atoms with Gasteiger partial charge in [-0.05, 0) is 12.8 Å². The molecule has 1 heterocycles. The Balaban J connectivity index is 1.77. The fraction of sp³-hybridized carbons (Fsp3) is 0.867. The van der Waals surface area contributed by atoms with Crippen molar-refractivity contribution in [3.8, 4) is 0 Å². The number of ether oxygens (including phenoxy) is 1. The molecule has 6 nitrogen and oxygen atoms in total. The smallest absolute Gasteiger partial charge is 0.137 e. The van der Waals surface area contributed by atoms with E-state index in [1.165, 1.54) is 32.2 Å². The van der Waals surface area contributed by atoms with Crippen LogP contribution in [0.5, 0.6) is 0 Å². The molecule has 6 heteroatoms. The number of aliphatic hydroxyl groups excluding tert-OH is 1. The van der Waals surface area contributed by atoms with E-state index in [0.717, 1.165) is 22.6 Å². The van der Waals surface area contributed by atoms with E-state index in [-0.39, 0.29) is 6.61 Å². The molecule has 0 saturated heterocycles. The Kier molecular flexibility index (Phi) is 6.14. The molecule has 2 rings (SSSR count). The van der Waals surface area contributed by atoms with Gasteiger partial charge in [-0.15, -0.1) is 5.10 Å². The maximum absolute atomic E-state index is 8.65. The van der Waals surface area contributed by atoms with Gasteiger partial charge in [0.2, 0.25) is 0 Å². The second kappa shape index (κ2) is 7.87. The summed E-state index contributed by atoms with van der Waals surface area (Å²) in [6, 6.07) is 0. The highest BCUT2D eigenvalue weighted by Gasteiger charge is 2.26. The summed E-state index contributed by atoms with van der Waals surface area (Å²) in [7, 11) is 4.56. The van der Waals surface area contributed by atoms with E-state index in [2.05, 4.69) is 24.4 Å². The Morgan fingerprint density at radius 3 is 2.81 bits per heavy atom. The Hall–Kier alpha value is -0.980. The van der Waals surface area contributed by atoms with Crippen molar-refractivity contribution in [3.05, 3.63) is 11.9 Å². The van der Waals surface area contributed by atoms with Crippen LogP contribution in [0, 0.1) is 5.92 Å². The summed E-state index contributed by atoms with van der Waals surface area (Å²) in [5.74, 6) is 0.877. The van der Waals surface area contributed by atoms with Gasteiger partial charge in [-0.3, -0.25) is 0 Å². The van der Waals surface area contributed by atoms with Gasteiger partial charge in [0, 0.05) is 5.92 Å². The Morgan fingerprint density at radius 1 is 1.33 bits per heavy atom. The lowest BCUT2D eigenvalue weighted by molar-refractivity contribution is -0.907. The van der Waals surface area contributed by atoms with Crippen LogP contribution in [-0.2, 0) is 17.8 Å². The Bertz CT molecular complexity index is 414. The number of nitrogens with zero attached hydrogens (tertiary/aromatic N) is 4. The lowest BCUT2D eigenvalue weighted by Gasteiger charge is -2.31. The van der Waals surface area contributed by atoms with Gasteiger partial charge in [0.25, 0.3) is 0 Å². The van der Waals surface area contributed by atoms with E-state index in [4.69, 9.17) is 9.84 Å². The van der Waals surface area contributed by atoms with Crippen molar-refractivity contribution < 1.29 is 14.3 Å². The summed E-state index contributed by atoms with van der Waals surface area (Å²) in [5.41, 5.74) is 1.04. The number of aromatic nitrogens is 3. The number of quaternary nitrogens is 1. The third-order valence-corrected chi connectivity index (χ3v) is 4.10. The first kappa shape index (κ1) is 16.4. The van der Waals surface area contributed by atoms with Crippen molar-refractivity contribution in [3.63, 3.8) is 0 Å². The Morgan fingerprint density at radius 2 is 2.10 bits per heavy atom. The molecule has 0 unspecified atom stereocenters. The number of hydrogen-bond acceptors (Lipinski definition) is 4. The minimum Gasteiger partial charge on any atom is -0.394 e. The number of hydrogen-bond donors (Lipinski definition) is 1. The van der Waals surface area contributed by atoms with Crippen molar-refractivity contribution >= 4 is 0 Å². The normalized spacial score (nSPS) is 16.7. The van der Waals surface area contributed by atoms with E-state index in [9.17, 15) is 0 Å². The average molecular weight is 297 g/mol. The van der Waals surface area contributed by atoms with Crippen LogP contribution in [0.4, 0.5) is 0 Å². The molecular formula is C15H29N4O2+. The van der Waals surface area contributed by atoms with Crippen LogP contribution in [0.3, 0.4) is 0 Å². The molecule has 0 amide bonds. The molecule has 0 atom stereocenters. The second-order valence-electron chi connectivity index (χ2n) is 6.74. The van der Waals surface area contributed by atoms with E-state index in [0.29, 0.717) is 19.8 Å². The van der Waals surface area contributed by atoms with Gasteiger partial charge in [0.15, 0.2) is 0 Å². The van der Waals surface area contributed by atoms with Crippen molar-refractivity contribution in [2.75, 3.05) is 40.5 Å². The quantitative estimate of drug-likeness (QED) is 0.547. The monoisotopic (exact) mass is 297 g/mol. The summed E-state index contributed by atoms with van der Waals surface area (Å²) >= 11 is 0. The topological polar surface area (TPSA) is 60.2 Å². The molecule has 1 aromatic rings. The highest BCUT2D eigenvalue weighted by atomic mass is 16.5. The van der Waals surface area contributed by atoms with E-state index < -0.39 is 0 Å². The van der Waals surface area contributed by atoms with Crippen LogP contribution in [-0.4, -0.2) is 65.0 Å². The fourth-order valence-corrected chi connectivity index (χ4v) is 3.24. The molecule has 1 aliphatic rings. The molecule has 120 valence electrons. The maximum Gasteiger partial charge on any atom is 0.137 e. The third-order valence-electron chi connectivity index (χ3n) is 4.10. The lowest BCUT2D eigenvalue weighted by atomic mass is 10.1. The molecule has 1 aromatic heterocycles. The van der Waals surface area contributed by atoms with Crippen LogP contribution in [0.2, 0.25) is 0 Å². The predicted octanol–water partition coefficient (Wildman–Crippen LogP) is 1.05. The van der Waals surface area contributed by atoms with E-state index in [1.807, 2.05) is 10.9 Å². The summed E-state index contributed by atoms with van der Waals surface area (Å²) in [6.07, 6.45) is 7.58. The molecule has 0 aromatic carbocycles. The van der Waals surface area contributed by atoms with Gasteiger partial charge >= 0.3 is 0 Å². The first-order valence-electron chi connectivity index (χ1n) is 7.99. The zero-order chi connectivity index (χ0) is 15.1. The van der Waals surface area contributed by atoms with Crippen molar-refractivity contribution in [1.29, 1.82) is 0 Å². The zero-order valence-electron chi connectivity index (χ0n) is 13.4. The van der Waals surface area contributed by atoms with E-state index >= 15 is 0 Å². The number of rotatable bonds is 9. The van der Waals surface area contributed by atoms with Crippen molar-refractivity contribution in [2.45, 2.75) is 38.8 Å². The van der Waals surface area contributed by atoms with Crippen LogP contribution < -0.4 is 0 Å². The van der Waals surface area contributed by atoms with Crippen molar-refractivity contribution in [1.82, 2.24) is 15.0 Å². The molecule has 0 bridgehead atoms. The molecule has 1 N–H and O–H groups in total. The highest BCUT2D eigenvalue weighted by molar-refractivity contribution is 4.89. The molecule has 21 heavy (non-hydrogen) atoms. The van der Waals surface area contributed by atoms with Crippen LogP contribution in [0.15, 0.2) is 6.20 Å². The molecule has 1 saturated carbocycles. The van der Waals surface area contributed by atoms with Gasteiger partial charge in [0.1, 0.15) is 12.2 Å². The predicted molar refractivity (Wildman–Crippen MR) is 80.6 cm³/mol. The molecule has 0 radical (unpaired) electrons. The minimum absolute atomic E-state index is 0.0649. The first-order valence-corrected chi connectivity index (χ1v) is 7.99. The van der Waals surface area contributed by atoms with Crippen LogP contribution in [0.25, 0.3) is 0 Å². The second-order valence-corrected chi connectivity index (χ2v) is 6.74. The summed E-state index contributed by atoms with van der Waals surface area (Å²) in [6.45, 7) is 3.84. The molecule has 0 aliphatic heterocycles. The summed E-state index contributed by atoms with van der Waals surface area (Å²) in [4.78, 5) is 0. The molecule has 1 fully saturated rings. The van der Waals surface area contributed by atoms with Crippen LogP contribution >= 0.6 is 0 Å². The standard InChI is InChI=1S/C15H29N4O2/c1-19(2,12-14-5-3-4-6-14)13-15-11-18(17-16-15)7-9-21-10-8-20/h11,14,20H,3-10,12-13H2,1-2H3/q+1. The fourth-order valence-electron chi connectivity index (χ4n) is 3.24. The van der Waals surface area contributed by atoms with Crippen LogP contribution in [0.1, 0.15) is 31.4 Å². The van der Waals surface area contributed by atoms with Gasteiger partial charge in [0.05, 0.1) is 53.2 Å². The first-order chi connectivity index (χ1) is 10.1. The lowest BCUT2D eigenvalue weighted by Crippen LogP contribution is -2.42. The van der Waals surface area contributed by atoms with Gasteiger partial charge in [-0.1, -0.05) is 18.1 Å². The SMILES string of the molecule is C[N+](C)(Cc1cn(CCOCCO)nn1)CC1CCCC1. The molecule has 0 spiro atoms. The molecule has 1 aliphatic carbocycles.